The molecule has 0 bridgehead atoms. The third-order valence-electron chi connectivity index (χ3n) is 3.37. The van der Waals surface area contributed by atoms with E-state index < -0.39 is 0 Å². The van der Waals surface area contributed by atoms with Crippen LogP contribution in [0.3, 0.4) is 0 Å². The lowest BCUT2D eigenvalue weighted by atomic mass is 9.91. The fourth-order valence-corrected chi connectivity index (χ4v) is 2.42. The molecule has 0 radical (unpaired) electrons. The number of aromatic nitrogens is 3. The van der Waals surface area contributed by atoms with Crippen molar-refractivity contribution in [3.8, 4) is 5.69 Å². The molecule has 0 saturated carbocycles. The second kappa shape index (κ2) is 3.87. The van der Waals surface area contributed by atoms with Crippen molar-refractivity contribution in [2.24, 2.45) is 5.92 Å². The predicted octanol–water partition coefficient (Wildman–Crippen LogP) is 1.97. The highest BCUT2D eigenvalue weighted by Crippen LogP contribution is 2.25. The van der Waals surface area contributed by atoms with Crippen LogP contribution in [0, 0.1) is 5.92 Å². The predicted molar refractivity (Wildman–Crippen MR) is 67.0 cm³/mol. The molecule has 0 spiro atoms. The first kappa shape index (κ1) is 10.3. The Morgan fingerprint density at radius 2 is 2.29 bits per heavy atom. The normalized spacial score (nSPS) is 19.0. The Bertz CT molecular complexity index is 544. The number of rotatable bonds is 1. The third-order valence-corrected chi connectivity index (χ3v) is 3.37. The van der Waals surface area contributed by atoms with Gasteiger partial charge in [0, 0.05) is 5.69 Å². The molecule has 2 N–H and O–H groups in total. The first-order valence-corrected chi connectivity index (χ1v) is 6.03. The minimum Gasteiger partial charge on any atom is -0.399 e. The van der Waals surface area contributed by atoms with E-state index in [1.807, 2.05) is 28.9 Å². The molecule has 4 heteroatoms. The summed E-state index contributed by atoms with van der Waals surface area (Å²) in [7, 11) is 0. The van der Waals surface area contributed by atoms with E-state index in [0.29, 0.717) is 5.92 Å². The van der Waals surface area contributed by atoms with Crippen molar-refractivity contribution in [1.29, 1.82) is 0 Å². The summed E-state index contributed by atoms with van der Waals surface area (Å²) in [5.74, 6) is 0.716. The van der Waals surface area contributed by atoms with Crippen molar-refractivity contribution >= 4 is 5.69 Å². The fraction of sp³-hybridized carbons (Fsp3) is 0.385. The van der Waals surface area contributed by atoms with Gasteiger partial charge in [-0.05, 0) is 43.4 Å². The van der Waals surface area contributed by atoms with Crippen molar-refractivity contribution in [3.05, 3.63) is 35.7 Å². The Balaban J connectivity index is 2.05. The van der Waals surface area contributed by atoms with E-state index in [1.54, 1.807) is 0 Å². The molecule has 1 unspecified atom stereocenters. The van der Waals surface area contributed by atoms with Crippen LogP contribution in [0.2, 0.25) is 0 Å². The number of hydrogen-bond acceptors (Lipinski definition) is 3. The lowest BCUT2D eigenvalue weighted by Crippen LogP contribution is -2.13. The number of nitrogens with two attached hydrogens (primary N) is 1. The summed E-state index contributed by atoms with van der Waals surface area (Å²) >= 11 is 0. The van der Waals surface area contributed by atoms with Gasteiger partial charge in [-0.3, -0.25) is 0 Å². The SMILES string of the molecule is CC1CCc2c(nnn2-c2cccc(N)c2)C1. The highest BCUT2D eigenvalue weighted by Gasteiger charge is 2.21. The standard InChI is InChI=1S/C13H16N4/c1-9-5-6-13-12(7-9)15-16-17(13)11-4-2-3-10(14)8-11/h2-4,8-9H,5-7,14H2,1H3. The third kappa shape index (κ3) is 1.79. The molecule has 0 fully saturated rings. The second-order valence-electron chi connectivity index (χ2n) is 4.84. The Hall–Kier alpha value is -1.84. The van der Waals surface area contributed by atoms with Gasteiger partial charge in [-0.2, -0.15) is 0 Å². The van der Waals surface area contributed by atoms with Crippen molar-refractivity contribution in [2.75, 3.05) is 5.73 Å². The van der Waals surface area contributed by atoms with Gasteiger partial charge in [0.1, 0.15) is 0 Å². The number of nitrogen functional groups attached to an aromatic ring is 1. The van der Waals surface area contributed by atoms with Crippen LogP contribution >= 0.6 is 0 Å². The van der Waals surface area contributed by atoms with Gasteiger partial charge in [-0.25, -0.2) is 4.68 Å². The van der Waals surface area contributed by atoms with Gasteiger partial charge in [0.2, 0.25) is 0 Å². The average Bonchev–Trinajstić information content (AvgIpc) is 2.71. The maximum Gasteiger partial charge on any atom is 0.0866 e. The van der Waals surface area contributed by atoms with Crippen molar-refractivity contribution < 1.29 is 0 Å². The van der Waals surface area contributed by atoms with Crippen LogP contribution in [0.15, 0.2) is 24.3 Å². The van der Waals surface area contributed by atoms with Crippen LogP contribution in [0.5, 0.6) is 0 Å². The van der Waals surface area contributed by atoms with Gasteiger partial charge < -0.3 is 5.73 Å². The molecule has 2 aromatic rings. The topological polar surface area (TPSA) is 56.7 Å². The Kier molecular flexibility index (Phi) is 2.35. The van der Waals surface area contributed by atoms with Gasteiger partial charge in [0.15, 0.2) is 0 Å². The van der Waals surface area contributed by atoms with Crippen molar-refractivity contribution in [2.45, 2.75) is 26.2 Å². The summed E-state index contributed by atoms with van der Waals surface area (Å²) in [6.45, 7) is 2.27. The monoisotopic (exact) mass is 228 g/mol. The fourth-order valence-electron chi connectivity index (χ4n) is 2.42. The summed E-state index contributed by atoms with van der Waals surface area (Å²) in [4.78, 5) is 0. The van der Waals surface area contributed by atoms with E-state index in [-0.39, 0.29) is 0 Å². The Morgan fingerprint density at radius 3 is 3.12 bits per heavy atom. The van der Waals surface area contributed by atoms with Crippen molar-refractivity contribution in [1.82, 2.24) is 15.0 Å². The van der Waals surface area contributed by atoms with Crippen LogP contribution < -0.4 is 5.73 Å². The molecule has 0 aliphatic heterocycles. The second-order valence-corrected chi connectivity index (χ2v) is 4.84. The van der Waals surface area contributed by atoms with Gasteiger partial charge in [-0.15, -0.1) is 5.10 Å². The quantitative estimate of drug-likeness (QED) is 0.759. The first-order chi connectivity index (χ1) is 8.24. The molecule has 1 aliphatic rings. The largest absolute Gasteiger partial charge is 0.399 e. The maximum absolute atomic E-state index is 5.80. The van der Waals surface area contributed by atoms with Crippen LogP contribution in [-0.4, -0.2) is 15.0 Å². The lowest BCUT2D eigenvalue weighted by molar-refractivity contribution is 0.488. The van der Waals surface area contributed by atoms with Crippen LogP contribution in [0.1, 0.15) is 24.7 Å². The van der Waals surface area contributed by atoms with Gasteiger partial charge >= 0.3 is 0 Å². The number of nitrogens with zero attached hydrogens (tertiary/aromatic N) is 3. The molecule has 0 amide bonds. The van der Waals surface area contributed by atoms with Crippen molar-refractivity contribution in [3.63, 3.8) is 0 Å². The minimum atomic E-state index is 0.716. The number of fused-ring (bicyclic) bond motifs is 1. The summed E-state index contributed by atoms with van der Waals surface area (Å²) < 4.78 is 1.93. The smallest absolute Gasteiger partial charge is 0.0866 e. The minimum absolute atomic E-state index is 0.716. The van der Waals surface area contributed by atoms with Gasteiger partial charge in [0.25, 0.3) is 0 Å². The Labute approximate surface area is 100 Å². The highest BCUT2D eigenvalue weighted by atomic mass is 15.4. The molecule has 1 aromatic carbocycles. The lowest BCUT2D eigenvalue weighted by Gasteiger charge is -2.17. The molecule has 0 saturated heterocycles. The highest BCUT2D eigenvalue weighted by molar-refractivity contribution is 5.48. The molecule has 17 heavy (non-hydrogen) atoms. The van der Waals surface area contributed by atoms with Gasteiger partial charge in [-0.1, -0.05) is 18.2 Å². The van der Waals surface area contributed by atoms with E-state index in [1.165, 1.54) is 12.1 Å². The van der Waals surface area contributed by atoms with E-state index in [4.69, 9.17) is 5.73 Å². The maximum atomic E-state index is 5.80. The molecule has 3 rings (SSSR count). The van der Waals surface area contributed by atoms with Crippen LogP contribution in [-0.2, 0) is 12.8 Å². The van der Waals surface area contributed by atoms with Gasteiger partial charge in [0.05, 0.1) is 17.1 Å². The Morgan fingerprint density at radius 1 is 1.41 bits per heavy atom. The number of hydrogen-bond donors (Lipinski definition) is 1. The molecule has 1 aliphatic carbocycles. The molecule has 1 aromatic heterocycles. The first-order valence-electron chi connectivity index (χ1n) is 6.03. The van der Waals surface area contributed by atoms with E-state index in [0.717, 1.165) is 29.9 Å². The summed E-state index contributed by atoms with van der Waals surface area (Å²) in [6, 6.07) is 7.79. The van der Waals surface area contributed by atoms with E-state index in [9.17, 15) is 0 Å². The molecule has 1 heterocycles. The zero-order valence-corrected chi connectivity index (χ0v) is 9.93. The molecule has 88 valence electrons. The summed E-state index contributed by atoms with van der Waals surface area (Å²) in [5, 5.41) is 8.54. The average molecular weight is 228 g/mol. The van der Waals surface area contributed by atoms with Crippen LogP contribution in [0.4, 0.5) is 5.69 Å². The van der Waals surface area contributed by atoms with E-state index >= 15 is 0 Å². The van der Waals surface area contributed by atoms with E-state index in [2.05, 4.69) is 17.2 Å². The molecular formula is C13H16N4. The summed E-state index contributed by atoms with van der Waals surface area (Å²) in [6.07, 6.45) is 3.30. The number of anilines is 1. The molecule has 4 nitrogen and oxygen atoms in total. The number of benzene rings is 1. The zero-order valence-electron chi connectivity index (χ0n) is 9.93. The summed E-state index contributed by atoms with van der Waals surface area (Å²) in [5.41, 5.74) is 9.96. The molecule has 1 atom stereocenters. The zero-order chi connectivity index (χ0) is 11.8. The van der Waals surface area contributed by atoms with Crippen LogP contribution in [0.25, 0.3) is 5.69 Å². The molecular weight excluding hydrogens is 212 g/mol.